The molecule has 1 unspecified atom stereocenters. The molecule has 1 aromatic heterocycles. The molecule has 1 amide bonds. The molecule has 6 nitrogen and oxygen atoms in total. The first-order chi connectivity index (χ1) is 13.7. The van der Waals surface area contributed by atoms with Gasteiger partial charge in [-0.1, -0.05) is 6.07 Å². The summed E-state index contributed by atoms with van der Waals surface area (Å²) < 4.78 is 11.8. The number of hydrogen-bond acceptors (Lipinski definition) is 5. The summed E-state index contributed by atoms with van der Waals surface area (Å²) in [5, 5.41) is 9.02. The Morgan fingerprint density at radius 2 is 2.25 bits per heavy atom. The Hall–Kier alpha value is -2.91. The summed E-state index contributed by atoms with van der Waals surface area (Å²) in [6, 6.07) is 12.7. The Kier molecular flexibility index (Phi) is 5.27. The highest BCUT2D eigenvalue weighted by molar-refractivity contribution is 5.95. The van der Waals surface area contributed by atoms with E-state index in [-0.39, 0.29) is 11.5 Å². The molecule has 2 aliphatic heterocycles. The van der Waals surface area contributed by atoms with Crippen molar-refractivity contribution >= 4 is 5.91 Å². The number of pyridine rings is 1. The van der Waals surface area contributed by atoms with Gasteiger partial charge in [-0.3, -0.25) is 9.78 Å². The topological polar surface area (TPSA) is 75.5 Å². The molecular weight excluding hydrogens is 354 g/mol. The Morgan fingerprint density at radius 3 is 3.04 bits per heavy atom. The third kappa shape index (κ3) is 4.00. The SMILES string of the molecule is N#Cc1cccc(C(=O)N2CC3(CC(CCOc4cccnc4)CCO3)C2)c1. The maximum absolute atomic E-state index is 12.7. The third-order valence-electron chi connectivity index (χ3n) is 5.51. The number of nitrogens with zero attached hydrogens (tertiary/aromatic N) is 3. The van der Waals surface area contributed by atoms with Crippen molar-refractivity contribution in [2.75, 3.05) is 26.3 Å². The predicted octanol–water partition coefficient (Wildman–Crippen LogP) is 3.04. The number of hydrogen-bond donors (Lipinski definition) is 0. The summed E-state index contributed by atoms with van der Waals surface area (Å²) in [7, 11) is 0. The van der Waals surface area contributed by atoms with Crippen LogP contribution in [-0.2, 0) is 4.74 Å². The fraction of sp³-hybridized carbons (Fsp3) is 0.409. The lowest BCUT2D eigenvalue weighted by Gasteiger charge is -2.53. The average molecular weight is 377 g/mol. The zero-order chi connectivity index (χ0) is 19.4. The van der Waals surface area contributed by atoms with Gasteiger partial charge in [0.15, 0.2) is 0 Å². The van der Waals surface area contributed by atoms with Gasteiger partial charge in [-0.25, -0.2) is 0 Å². The second-order valence-electron chi connectivity index (χ2n) is 7.57. The van der Waals surface area contributed by atoms with E-state index in [9.17, 15) is 4.79 Å². The van der Waals surface area contributed by atoms with Gasteiger partial charge in [0.05, 0.1) is 37.5 Å². The highest BCUT2D eigenvalue weighted by atomic mass is 16.5. The van der Waals surface area contributed by atoms with Gasteiger partial charge in [-0.05, 0) is 55.5 Å². The third-order valence-corrected chi connectivity index (χ3v) is 5.51. The zero-order valence-corrected chi connectivity index (χ0v) is 15.7. The largest absolute Gasteiger partial charge is 0.492 e. The van der Waals surface area contributed by atoms with E-state index in [2.05, 4.69) is 11.1 Å². The number of likely N-dealkylation sites (tertiary alicyclic amines) is 1. The zero-order valence-electron chi connectivity index (χ0n) is 15.7. The maximum atomic E-state index is 12.7. The first-order valence-electron chi connectivity index (χ1n) is 9.64. The van der Waals surface area contributed by atoms with Crippen LogP contribution in [0, 0.1) is 17.2 Å². The van der Waals surface area contributed by atoms with Crippen LogP contribution < -0.4 is 4.74 Å². The molecule has 1 aromatic carbocycles. The summed E-state index contributed by atoms with van der Waals surface area (Å²) >= 11 is 0. The molecule has 3 heterocycles. The van der Waals surface area contributed by atoms with Crippen molar-refractivity contribution in [3.05, 3.63) is 59.9 Å². The number of rotatable bonds is 5. The van der Waals surface area contributed by atoms with Crippen molar-refractivity contribution in [2.24, 2.45) is 5.92 Å². The summed E-state index contributed by atoms with van der Waals surface area (Å²) in [4.78, 5) is 18.5. The highest BCUT2D eigenvalue weighted by Gasteiger charge is 2.49. The van der Waals surface area contributed by atoms with Crippen LogP contribution in [-0.4, -0.2) is 47.7 Å². The maximum Gasteiger partial charge on any atom is 0.254 e. The Morgan fingerprint density at radius 1 is 1.36 bits per heavy atom. The van der Waals surface area contributed by atoms with Crippen molar-refractivity contribution in [1.82, 2.24) is 9.88 Å². The minimum atomic E-state index is -0.223. The smallest absolute Gasteiger partial charge is 0.254 e. The minimum absolute atomic E-state index is 0.0339. The van der Waals surface area contributed by atoms with E-state index in [0.717, 1.165) is 31.6 Å². The van der Waals surface area contributed by atoms with Crippen LogP contribution >= 0.6 is 0 Å². The normalized spacial score (nSPS) is 20.2. The molecule has 2 aromatic rings. The molecule has 0 aliphatic carbocycles. The van der Waals surface area contributed by atoms with Crippen LogP contribution in [0.2, 0.25) is 0 Å². The van der Waals surface area contributed by atoms with E-state index in [1.165, 1.54) is 0 Å². The quantitative estimate of drug-likeness (QED) is 0.801. The Bertz CT molecular complexity index is 872. The van der Waals surface area contributed by atoms with Crippen molar-refractivity contribution in [3.63, 3.8) is 0 Å². The van der Waals surface area contributed by atoms with E-state index >= 15 is 0 Å². The number of ether oxygens (including phenoxy) is 2. The van der Waals surface area contributed by atoms with Crippen LogP contribution in [0.3, 0.4) is 0 Å². The first-order valence-corrected chi connectivity index (χ1v) is 9.64. The summed E-state index contributed by atoms with van der Waals surface area (Å²) in [5.74, 6) is 1.29. The van der Waals surface area contributed by atoms with Crippen molar-refractivity contribution in [3.8, 4) is 11.8 Å². The van der Waals surface area contributed by atoms with Crippen LogP contribution in [0.25, 0.3) is 0 Å². The standard InChI is InChI=1S/C22H23N3O3/c23-13-18-3-1-4-19(11-18)21(26)25-15-22(16-25)12-17(7-10-28-22)6-9-27-20-5-2-8-24-14-20/h1-5,8,11,14,17H,6-7,9-10,12,15-16H2. The lowest BCUT2D eigenvalue weighted by molar-refractivity contribution is -0.166. The van der Waals surface area contributed by atoms with E-state index < -0.39 is 0 Å². The number of benzene rings is 1. The van der Waals surface area contributed by atoms with Crippen LogP contribution in [0.15, 0.2) is 48.8 Å². The number of aromatic nitrogens is 1. The second kappa shape index (κ2) is 7.99. The summed E-state index contributed by atoms with van der Waals surface area (Å²) in [5.41, 5.74) is 0.842. The van der Waals surface area contributed by atoms with Gasteiger partial charge in [0.1, 0.15) is 11.4 Å². The van der Waals surface area contributed by atoms with Crippen molar-refractivity contribution in [2.45, 2.75) is 24.9 Å². The molecule has 6 heteroatoms. The molecule has 2 aliphatic rings. The monoisotopic (exact) mass is 377 g/mol. The average Bonchev–Trinajstić information content (AvgIpc) is 2.72. The Labute approximate surface area is 164 Å². The molecule has 0 N–H and O–H groups in total. The molecular formula is C22H23N3O3. The number of amides is 1. The fourth-order valence-electron chi connectivity index (χ4n) is 4.07. The molecule has 1 atom stereocenters. The second-order valence-corrected chi connectivity index (χ2v) is 7.57. The van der Waals surface area contributed by atoms with Gasteiger partial charge in [0.2, 0.25) is 0 Å². The summed E-state index contributed by atoms with van der Waals surface area (Å²) in [6.45, 7) is 2.62. The molecule has 1 spiro atoms. The number of carbonyl (C=O) groups excluding carboxylic acids is 1. The molecule has 0 saturated carbocycles. The predicted molar refractivity (Wildman–Crippen MR) is 103 cm³/mol. The van der Waals surface area contributed by atoms with Gasteiger partial charge >= 0.3 is 0 Å². The van der Waals surface area contributed by atoms with Gasteiger partial charge in [-0.15, -0.1) is 0 Å². The lowest BCUT2D eigenvalue weighted by atomic mass is 9.79. The van der Waals surface area contributed by atoms with Gasteiger partial charge < -0.3 is 14.4 Å². The molecule has 2 saturated heterocycles. The van der Waals surface area contributed by atoms with Crippen LogP contribution in [0.5, 0.6) is 5.75 Å². The van der Waals surface area contributed by atoms with Gasteiger partial charge in [-0.2, -0.15) is 5.26 Å². The molecule has 4 rings (SSSR count). The molecule has 144 valence electrons. The lowest BCUT2D eigenvalue weighted by Crippen LogP contribution is -2.66. The highest BCUT2D eigenvalue weighted by Crippen LogP contribution is 2.38. The van der Waals surface area contributed by atoms with E-state index in [4.69, 9.17) is 14.7 Å². The van der Waals surface area contributed by atoms with Crippen molar-refractivity contribution in [1.29, 1.82) is 5.26 Å². The van der Waals surface area contributed by atoms with Crippen LogP contribution in [0.1, 0.15) is 35.2 Å². The molecule has 0 bridgehead atoms. The van der Waals surface area contributed by atoms with Gasteiger partial charge in [0, 0.05) is 18.4 Å². The van der Waals surface area contributed by atoms with E-state index in [1.54, 1.807) is 36.7 Å². The number of nitriles is 1. The molecule has 0 radical (unpaired) electrons. The van der Waals surface area contributed by atoms with Gasteiger partial charge in [0.25, 0.3) is 5.91 Å². The minimum Gasteiger partial charge on any atom is -0.492 e. The van der Waals surface area contributed by atoms with E-state index in [0.29, 0.717) is 36.7 Å². The Balaban J connectivity index is 1.28. The fourth-order valence-corrected chi connectivity index (χ4v) is 4.07. The van der Waals surface area contributed by atoms with Crippen LogP contribution in [0.4, 0.5) is 0 Å². The summed E-state index contributed by atoms with van der Waals surface area (Å²) in [6.07, 6.45) is 6.40. The molecule has 28 heavy (non-hydrogen) atoms. The van der Waals surface area contributed by atoms with Crippen molar-refractivity contribution < 1.29 is 14.3 Å². The van der Waals surface area contributed by atoms with E-state index in [1.807, 2.05) is 17.0 Å². The first kappa shape index (κ1) is 18.5. The number of carbonyl (C=O) groups is 1. The molecule has 2 fully saturated rings.